The van der Waals surface area contributed by atoms with Crippen molar-refractivity contribution in [2.24, 2.45) is 0 Å². The fourth-order valence-electron chi connectivity index (χ4n) is 5.37. The zero-order valence-corrected chi connectivity index (χ0v) is 24.6. The maximum atomic E-state index is 15.3. The molecule has 248 valence electrons. The molecule has 0 aliphatic heterocycles. The highest BCUT2D eigenvalue weighted by atomic mass is 19.4. The molecule has 0 fully saturated rings. The van der Waals surface area contributed by atoms with E-state index in [-0.39, 0.29) is 11.6 Å². The van der Waals surface area contributed by atoms with E-state index >= 15 is 22.0 Å². The molecule has 1 nitrogen and oxygen atoms in total. The summed E-state index contributed by atoms with van der Waals surface area (Å²) >= 11 is 0. The van der Waals surface area contributed by atoms with Crippen LogP contribution in [0, 0.1) is 53.7 Å². The van der Waals surface area contributed by atoms with Gasteiger partial charge in [-0.2, -0.15) is 22.0 Å². The van der Waals surface area contributed by atoms with Crippen molar-refractivity contribution in [1.29, 1.82) is 0 Å². The monoisotopic (exact) mass is 686 g/mol. The van der Waals surface area contributed by atoms with E-state index < -0.39 is 80.4 Å². The quantitative estimate of drug-likeness (QED) is 0.130. The highest BCUT2D eigenvalue weighted by molar-refractivity contribution is 5.88. The van der Waals surface area contributed by atoms with Gasteiger partial charge in [0, 0.05) is 17.6 Å². The van der Waals surface area contributed by atoms with Crippen molar-refractivity contribution >= 4 is 21.5 Å². The van der Waals surface area contributed by atoms with Gasteiger partial charge in [-0.1, -0.05) is 53.9 Å². The zero-order valence-electron chi connectivity index (χ0n) is 24.6. The smallest absolute Gasteiger partial charge is 0.429 e. The Morgan fingerprint density at radius 1 is 0.551 bits per heavy atom. The first-order valence-electron chi connectivity index (χ1n) is 14.1. The molecule has 0 unspecified atom stereocenters. The van der Waals surface area contributed by atoms with E-state index in [4.69, 9.17) is 0 Å². The molecule has 0 aromatic heterocycles. The fraction of sp³-hybridized carbons (Fsp3) is 0.0811. The average Bonchev–Trinajstić information content (AvgIpc) is 2.99. The third-order valence-electron chi connectivity index (χ3n) is 7.57. The van der Waals surface area contributed by atoms with Gasteiger partial charge in [-0.15, -0.1) is 0 Å². The number of fused-ring (bicyclic) bond motifs is 2. The second-order valence-electron chi connectivity index (χ2n) is 11.0. The van der Waals surface area contributed by atoms with E-state index in [0.29, 0.717) is 41.3 Å². The van der Waals surface area contributed by atoms with Crippen LogP contribution in [0.5, 0.6) is 5.75 Å². The minimum Gasteiger partial charge on any atom is -0.429 e. The number of hydrogen-bond donors (Lipinski definition) is 0. The number of aryl methyl sites for hydroxylation is 1. The van der Waals surface area contributed by atoms with Gasteiger partial charge in [-0.3, -0.25) is 0 Å². The van der Waals surface area contributed by atoms with Gasteiger partial charge in [0.05, 0.1) is 10.9 Å². The third kappa shape index (κ3) is 6.61. The lowest BCUT2D eigenvalue weighted by Gasteiger charge is -2.20. The summed E-state index contributed by atoms with van der Waals surface area (Å²) in [5, 5.41) is -0.0140. The number of benzene rings is 6. The van der Waals surface area contributed by atoms with Crippen LogP contribution in [-0.2, 0) is 6.11 Å². The van der Waals surface area contributed by atoms with Crippen molar-refractivity contribution < 1.29 is 53.0 Å². The SMILES string of the molecule is Cc1ccc2cc(-c3ccc(-c4cc(F)c(C(F)(F)Oc5cc(F)c6c(F)c(C#CC(F)(F)F)c(F)cc6c5)c(F)c4)c(F)c3)ccc2c1. The molecule has 0 amide bonds. The van der Waals surface area contributed by atoms with Gasteiger partial charge in [-0.05, 0) is 76.2 Å². The average molecular weight is 687 g/mol. The number of ether oxygens (including phenoxy) is 1. The first-order chi connectivity index (χ1) is 23.0. The predicted octanol–water partition coefficient (Wildman–Crippen LogP) is 11.5. The van der Waals surface area contributed by atoms with Crippen LogP contribution in [0.3, 0.4) is 0 Å². The maximum absolute atomic E-state index is 15.3. The Balaban J connectivity index is 1.30. The van der Waals surface area contributed by atoms with Crippen LogP contribution in [0.4, 0.5) is 48.3 Å². The van der Waals surface area contributed by atoms with Gasteiger partial charge in [0.25, 0.3) is 0 Å². The normalized spacial score (nSPS) is 11.9. The Kier molecular flexibility index (Phi) is 8.26. The molecule has 6 aromatic rings. The number of halogens is 11. The molecule has 0 aliphatic rings. The van der Waals surface area contributed by atoms with Crippen LogP contribution in [-0.4, -0.2) is 6.18 Å². The molecule has 0 bridgehead atoms. The zero-order chi connectivity index (χ0) is 35.4. The molecule has 0 saturated carbocycles. The highest BCUT2D eigenvalue weighted by Gasteiger charge is 2.41. The molecular weight excluding hydrogens is 669 g/mol. The third-order valence-corrected chi connectivity index (χ3v) is 7.57. The first kappa shape index (κ1) is 33.3. The second-order valence-corrected chi connectivity index (χ2v) is 11.0. The molecule has 12 heteroatoms. The summed E-state index contributed by atoms with van der Waals surface area (Å²) < 4.78 is 161. The lowest BCUT2D eigenvalue weighted by molar-refractivity contribution is -0.189. The Labute approximate surface area is 270 Å². The van der Waals surface area contributed by atoms with Crippen LogP contribution in [0.15, 0.2) is 84.9 Å². The summed E-state index contributed by atoms with van der Waals surface area (Å²) in [6, 6.07) is 16.9. The molecule has 0 spiro atoms. The van der Waals surface area contributed by atoms with Gasteiger partial charge in [0.1, 0.15) is 40.4 Å². The fourth-order valence-corrected chi connectivity index (χ4v) is 5.37. The van der Waals surface area contributed by atoms with Gasteiger partial charge < -0.3 is 4.74 Å². The summed E-state index contributed by atoms with van der Waals surface area (Å²) in [6.45, 7) is 1.94. The van der Waals surface area contributed by atoms with E-state index in [1.807, 2.05) is 37.3 Å². The molecular formula is C37H17F11O. The van der Waals surface area contributed by atoms with Crippen molar-refractivity contribution in [3.05, 3.63) is 137 Å². The first-order valence-corrected chi connectivity index (χ1v) is 14.1. The van der Waals surface area contributed by atoms with Gasteiger partial charge in [-0.25, -0.2) is 26.3 Å². The van der Waals surface area contributed by atoms with Crippen LogP contribution < -0.4 is 4.74 Å². The minimum absolute atomic E-state index is 0.163. The van der Waals surface area contributed by atoms with Gasteiger partial charge >= 0.3 is 12.3 Å². The molecule has 0 N–H and O–H groups in total. The topological polar surface area (TPSA) is 9.23 Å². The predicted molar refractivity (Wildman–Crippen MR) is 161 cm³/mol. The summed E-state index contributed by atoms with van der Waals surface area (Å²) in [7, 11) is 0. The number of alkyl halides is 5. The lowest BCUT2D eigenvalue weighted by Crippen LogP contribution is -2.25. The largest absolute Gasteiger partial charge is 0.458 e. The van der Waals surface area contributed by atoms with E-state index in [0.717, 1.165) is 22.4 Å². The van der Waals surface area contributed by atoms with Crippen LogP contribution in [0.25, 0.3) is 43.8 Å². The molecule has 0 atom stereocenters. The second kappa shape index (κ2) is 12.1. The number of rotatable bonds is 5. The van der Waals surface area contributed by atoms with E-state index in [1.54, 1.807) is 6.07 Å². The summed E-state index contributed by atoms with van der Waals surface area (Å²) in [4.78, 5) is 0. The Morgan fingerprint density at radius 2 is 1.16 bits per heavy atom. The molecule has 0 radical (unpaired) electrons. The number of hydrogen-bond acceptors (Lipinski definition) is 1. The maximum Gasteiger partial charge on any atom is 0.458 e. The molecule has 49 heavy (non-hydrogen) atoms. The van der Waals surface area contributed by atoms with E-state index in [9.17, 15) is 26.3 Å². The molecule has 0 aliphatic carbocycles. The lowest BCUT2D eigenvalue weighted by atomic mass is 9.96. The van der Waals surface area contributed by atoms with Crippen molar-refractivity contribution in [1.82, 2.24) is 0 Å². The standard InChI is InChI=1S/C37H17F11O/c1-18-2-3-20-11-21(5-4-19(20)10-18)22-6-7-26(28(38)13-22)23-14-31(41)34(32(42)15-23)37(47,48)49-25-12-24-16-29(39)27(8-9-36(44,45)46)35(43)33(24)30(40)17-25/h2-7,10-17H,1H3. The Hall–Kier alpha value is -5.57. The minimum atomic E-state index is -5.13. The van der Waals surface area contributed by atoms with E-state index in [1.165, 1.54) is 18.1 Å². The summed E-state index contributed by atoms with van der Waals surface area (Å²) in [6.07, 6.45) is -9.98. The molecule has 6 aromatic carbocycles. The Bertz CT molecular complexity index is 2340. The van der Waals surface area contributed by atoms with E-state index in [2.05, 4.69) is 4.74 Å². The van der Waals surface area contributed by atoms with Crippen LogP contribution in [0.1, 0.15) is 16.7 Å². The van der Waals surface area contributed by atoms with Crippen molar-refractivity contribution in [2.75, 3.05) is 0 Å². The highest BCUT2D eigenvalue weighted by Crippen LogP contribution is 2.40. The van der Waals surface area contributed by atoms with Crippen molar-refractivity contribution in [3.8, 4) is 39.8 Å². The van der Waals surface area contributed by atoms with Gasteiger partial charge in [0.2, 0.25) is 0 Å². The Morgan fingerprint density at radius 3 is 1.84 bits per heavy atom. The summed E-state index contributed by atoms with van der Waals surface area (Å²) in [5.41, 5.74) is -1.96. The van der Waals surface area contributed by atoms with Crippen molar-refractivity contribution in [2.45, 2.75) is 19.2 Å². The van der Waals surface area contributed by atoms with Crippen LogP contribution in [0.2, 0.25) is 0 Å². The van der Waals surface area contributed by atoms with Gasteiger partial charge in [0.15, 0.2) is 5.82 Å². The summed E-state index contributed by atoms with van der Waals surface area (Å²) in [5.74, 6) is -9.11. The van der Waals surface area contributed by atoms with Crippen LogP contribution >= 0.6 is 0 Å². The van der Waals surface area contributed by atoms with Crippen molar-refractivity contribution in [3.63, 3.8) is 0 Å². The molecule has 6 rings (SSSR count). The molecule has 0 saturated heterocycles. The molecule has 0 heterocycles.